The zero-order valence-corrected chi connectivity index (χ0v) is 16.7. The highest BCUT2D eigenvalue weighted by Gasteiger charge is 2.58. The van der Waals surface area contributed by atoms with E-state index in [1.165, 1.54) is 0 Å². The van der Waals surface area contributed by atoms with Crippen LogP contribution in [0.1, 0.15) is 51.1 Å². The van der Waals surface area contributed by atoms with Crippen LogP contribution in [0.15, 0.2) is 40.9 Å². The Bertz CT molecular complexity index is 698. The molecule has 1 heterocycles. The topological polar surface area (TPSA) is 29.5 Å². The van der Waals surface area contributed by atoms with Crippen LogP contribution < -0.4 is 0 Å². The molecule has 1 aliphatic heterocycles. The second-order valence-corrected chi connectivity index (χ2v) is 8.61. The summed E-state index contributed by atoms with van der Waals surface area (Å²) in [6, 6.07) is 7.65. The molecule has 1 aromatic carbocycles. The molecule has 0 spiro atoms. The van der Waals surface area contributed by atoms with Gasteiger partial charge in [0.05, 0.1) is 6.04 Å². The minimum absolute atomic E-state index is 0.138. The minimum Gasteiger partial charge on any atom is -0.442 e. The summed E-state index contributed by atoms with van der Waals surface area (Å²) >= 11 is 3.40. The predicted molar refractivity (Wildman–Crippen MR) is 100 cm³/mol. The van der Waals surface area contributed by atoms with Gasteiger partial charge in [-0.25, -0.2) is 13.6 Å². The number of hydrogen-bond donors (Lipinski definition) is 0. The summed E-state index contributed by atoms with van der Waals surface area (Å²) in [5.41, 5.74) is 1.01. The van der Waals surface area contributed by atoms with Gasteiger partial charge in [-0.1, -0.05) is 40.2 Å². The Hall–Kier alpha value is -1.43. The van der Waals surface area contributed by atoms with Crippen LogP contribution in [0.4, 0.5) is 13.6 Å². The summed E-state index contributed by atoms with van der Waals surface area (Å²) in [6.45, 7) is 8.20. The average molecular weight is 428 g/mol. The molecule has 0 N–H and O–H groups in total. The summed E-state index contributed by atoms with van der Waals surface area (Å²) in [7, 11) is 0. The lowest BCUT2D eigenvalue weighted by atomic mass is 9.66. The van der Waals surface area contributed by atoms with E-state index in [0.29, 0.717) is 19.4 Å². The highest BCUT2D eigenvalue weighted by molar-refractivity contribution is 9.10. The fourth-order valence-electron chi connectivity index (χ4n) is 4.06. The van der Waals surface area contributed by atoms with Gasteiger partial charge in [-0.15, -0.1) is 0 Å². The monoisotopic (exact) mass is 427 g/mol. The molecule has 1 amide bonds. The molecule has 26 heavy (non-hydrogen) atoms. The highest BCUT2D eigenvalue weighted by atomic mass is 79.9. The first-order valence-electron chi connectivity index (χ1n) is 8.89. The quantitative estimate of drug-likeness (QED) is 0.531. The van der Waals surface area contributed by atoms with E-state index in [-0.39, 0.29) is 24.8 Å². The zero-order valence-electron chi connectivity index (χ0n) is 15.1. The summed E-state index contributed by atoms with van der Waals surface area (Å²) in [4.78, 5) is 14.4. The van der Waals surface area contributed by atoms with Gasteiger partial charge in [0.2, 0.25) is 5.92 Å². The van der Waals surface area contributed by atoms with Gasteiger partial charge < -0.3 is 9.64 Å². The Morgan fingerprint density at radius 3 is 2.50 bits per heavy atom. The lowest BCUT2D eigenvalue weighted by Crippen LogP contribution is -2.58. The Balaban J connectivity index is 1.75. The van der Waals surface area contributed by atoms with Crippen molar-refractivity contribution in [3.63, 3.8) is 0 Å². The van der Waals surface area contributed by atoms with Crippen molar-refractivity contribution in [2.24, 2.45) is 5.92 Å². The van der Waals surface area contributed by atoms with E-state index in [2.05, 4.69) is 22.5 Å². The Labute approximate surface area is 161 Å². The van der Waals surface area contributed by atoms with E-state index < -0.39 is 17.6 Å². The largest absolute Gasteiger partial charge is 0.442 e. The first kappa shape index (κ1) is 19.3. The average Bonchev–Trinajstić information content (AvgIpc) is 2.52. The van der Waals surface area contributed by atoms with E-state index in [1.807, 2.05) is 38.1 Å². The summed E-state index contributed by atoms with van der Waals surface area (Å²) < 4.78 is 33.7. The fourth-order valence-corrected chi connectivity index (χ4v) is 4.32. The van der Waals surface area contributed by atoms with Gasteiger partial charge in [-0.2, -0.15) is 0 Å². The van der Waals surface area contributed by atoms with Crippen LogP contribution in [-0.4, -0.2) is 29.1 Å². The molecule has 1 aromatic rings. The van der Waals surface area contributed by atoms with E-state index in [1.54, 1.807) is 4.90 Å². The molecule has 3 rings (SSSR count). The van der Waals surface area contributed by atoms with Crippen LogP contribution in [0.25, 0.3) is 0 Å². The predicted octanol–water partition coefficient (Wildman–Crippen LogP) is 6.10. The van der Waals surface area contributed by atoms with Gasteiger partial charge in [-0.05, 0) is 31.5 Å². The third kappa shape index (κ3) is 3.80. The number of carbonyl (C=O) groups excluding carboxylic acids is 1. The molecule has 1 saturated carbocycles. The molecular formula is C20H24BrF2NO2. The number of amides is 1. The Morgan fingerprint density at radius 2 is 2.00 bits per heavy atom. The van der Waals surface area contributed by atoms with Gasteiger partial charge in [0.25, 0.3) is 0 Å². The number of carbonyl (C=O) groups is 1. The van der Waals surface area contributed by atoms with Crippen LogP contribution in [0.2, 0.25) is 0 Å². The van der Waals surface area contributed by atoms with Crippen molar-refractivity contribution < 1.29 is 18.3 Å². The Morgan fingerprint density at radius 1 is 1.38 bits per heavy atom. The summed E-state index contributed by atoms with van der Waals surface area (Å²) in [6.07, 6.45) is 0.141. The van der Waals surface area contributed by atoms with E-state index >= 15 is 0 Å². The lowest BCUT2D eigenvalue weighted by molar-refractivity contribution is -0.191. The number of cyclic esters (lactones) is 1. The molecule has 0 radical (unpaired) electrons. The second kappa shape index (κ2) is 6.95. The molecule has 0 bridgehead atoms. The molecule has 2 atom stereocenters. The molecular weight excluding hydrogens is 404 g/mol. The van der Waals surface area contributed by atoms with Gasteiger partial charge in [0.1, 0.15) is 5.60 Å². The molecule has 142 valence electrons. The van der Waals surface area contributed by atoms with Gasteiger partial charge in [0.15, 0.2) is 0 Å². The maximum absolute atomic E-state index is 13.4. The number of ether oxygens (including phenoxy) is 1. The number of rotatable bonds is 5. The molecule has 2 aliphatic rings. The highest BCUT2D eigenvalue weighted by Crippen LogP contribution is 2.53. The van der Waals surface area contributed by atoms with Crippen LogP contribution in [0.5, 0.6) is 0 Å². The standard InChI is InChI=1S/C20H24BrF2NO2/c1-13(2)10-19(16-11-20(22,23)12-16)8-9-24(18(25)26-19)14(3)15-4-6-17(21)7-5-15/h4-7,14,16H,1,8-12H2,2-3H3. The summed E-state index contributed by atoms with van der Waals surface area (Å²) in [5.74, 6) is -2.94. The SMILES string of the molecule is C=C(C)CC1(C2CC(F)(F)C2)CCN(C(C)c2ccc(Br)cc2)C(=O)O1. The third-order valence-electron chi connectivity index (χ3n) is 5.56. The summed E-state index contributed by atoms with van der Waals surface area (Å²) in [5, 5.41) is 0. The van der Waals surface area contributed by atoms with E-state index in [0.717, 1.165) is 15.6 Å². The maximum atomic E-state index is 13.4. The second-order valence-electron chi connectivity index (χ2n) is 7.70. The van der Waals surface area contributed by atoms with Crippen molar-refractivity contribution in [2.45, 2.75) is 57.1 Å². The van der Waals surface area contributed by atoms with Crippen LogP contribution in [0, 0.1) is 5.92 Å². The zero-order chi connectivity index (χ0) is 19.1. The normalized spacial score (nSPS) is 26.8. The number of benzene rings is 1. The first-order valence-corrected chi connectivity index (χ1v) is 9.68. The molecule has 2 fully saturated rings. The maximum Gasteiger partial charge on any atom is 0.410 e. The lowest BCUT2D eigenvalue weighted by Gasteiger charge is -2.52. The molecule has 2 unspecified atom stereocenters. The number of nitrogens with zero attached hydrogens (tertiary/aromatic N) is 1. The van der Waals surface area contributed by atoms with Crippen molar-refractivity contribution >= 4 is 22.0 Å². The number of hydrogen-bond acceptors (Lipinski definition) is 2. The van der Waals surface area contributed by atoms with Crippen LogP contribution >= 0.6 is 15.9 Å². The van der Waals surface area contributed by atoms with Crippen LogP contribution in [-0.2, 0) is 4.74 Å². The molecule has 6 heteroatoms. The molecule has 1 saturated heterocycles. The first-order chi connectivity index (χ1) is 12.1. The van der Waals surface area contributed by atoms with E-state index in [9.17, 15) is 13.6 Å². The van der Waals surface area contributed by atoms with Crippen LogP contribution in [0.3, 0.4) is 0 Å². The van der Waals surface area contributed by atoms with Gasteiger partial charge in [0, 0.05) is 42.6 Å². The van der Waals surface area contributed by atoms with Crippen molar-refractivity contribution in [2.75, 3.05) is 6.54 Å². The van der Waals surface area contributed by atoms with Crippen molar-refractivity contribution in [3.8, 4) is 0 Å². The third-order valence-corrected chi connectivity index (χ3v) is 6.08. The molecule has 1 aliphatic carbocycles. The molecule has 0 aromatic heterocycles. The van der Waals surface area contributed by atoms with Crippen molar-refractivity contribution in [1.29, 1.82) is 0 Å². The van der Waals surface area contributed by atoms with Crippen molar-refractivity contribution in [3.05, 3.63) is 46.5 Å². The van der Waals surface area contributed by atoms with Crippen molar-refractivity contribution in [1.82, 2.24) is 4.90 Å². The Kier molecular flexibility index (Phi) is 5.17. The smallest absolute Gasteiger partial charge is 0.410 e. The van der Waals surface area contributed by atoms with E-state index in [4.69, 9.17) is 4.74 Å². The minimum atomic E-state index is -2.64. The number of halogens is 3. The molecule has 3 nitrogen and oxygen atoms in total. The fraction of sp³-hybridized carbons (Fsp3) is 0.550. The van der Waals surface area contributed by atoms with Gasteiger partial charge >= 0.3 is 6.09 Å². The van der Waals surface area contributed by atoms with Gasteiger partial charge in [-0.3, -0.25) is 0 Å². The number of alkyl halides is 2.